The van der Waals surface area contributed by atoms with E-state index in [1.54, 1.807) is 11.3 Å². The molecule has 1 unspecified atom stereocenters. The molecule has 2 N–H and O–H groups in total. The first-order valence-electron chi connectivity index (χ1n) is 5.13. The van der Waals surface area contributed by atoms with Gasteiger partial charge in [0.15, 0.2) is 5.69 Å². The maximum Gasteiger partial charge on any atom is 0.357 e. The lowest BCUT2D eigenvalue weighted by Gasteiger charge is -2.10. The molecule has 2 aromatic rings. The molecule has 0 spiro atoms. The molecule has 1 atom stereocenters. The van der Waals surface area contributed by atoms with Gasteiger partial charge in [0.2, 0.25) is 0 Å². The highest BCUT2D eigenvalue weighted by atomic mass is 32.1. The van der Waals surface area contributed by atoms with E-state index in [1.165, 1.54) is 4.88 Å². The first-order chi connectivity index (χ1) is 8.15. The van der Waals surface area contributed by atoms with Crippen LogP contribution in [0.15, 0.2) is 28.2 Å². The van der Waals surface area contributed by atoms with Crippen LogP contribution >= 0.6 is 11.3 Å². The molecule has 0 aliphatic carbocycles. The molecule has 0 amide bonds. The summed E-state index contributed by atoms with van der Waals surface area (Å²) in [6.07, 6.45) is 1.98. The van der Waals surface area contributed by atoms with Crippen molar-refractivity contribution in [2.45, 2.75) is 19.4 Å². The minimum absolute atomic E-state index is 0.0872. The number of carboxylic acid groups (broad SMARTS) is 1. The number of nitrogens with zero attached hydrogens (tertiary/aromatic N) is 1. The summed E-state index contributed by atoms with van der Waals surface area (Å²) >= 11 is 1.69. The van der Waals surface area contributed by atoms with Gasteiger partial charge >= 0.3 is 5.97 Å². The molecule has 0 aliphatic heterocycles. The zero-order valence-corrected chi connectivity index (χ0v) is 10.0. The number of hydrogen-bond donors (Lipinski definition) is 2. The van der Waals surface area contributed by atoms with Gasteiger partial charge in [0, 0.05) is 17.3 Å². The third kappa shape index (κ3) is 3.07. The van der Waals surface area contributed by atoms with Gasteiger partial charge in [0.05, 0.1) is 0 Å². The lowest BCUT2D eigenvalue weighted by atomic mass is 10.2. The Morgan fingerprint density at radius 2 is 2.53 bits per heavy atom. The van der Waals surface area contributed by atoms with Crippen LogP contribution in [0.1, 0.15) is 22.3 Å². The molecule has 6 heteroatoms. The third-order valence-electron chi connectivity index (χ3n) is 2.18. The monoisotopic (exact) mass is 252 g/mol. The van der Waals surface area contributed by atoms with E-state index in [2.05, 4.69) is 16.4 Å². The number of thiophene rings is 1. The van der Waals surface area contributed by atoms with Gasteiger partial charge in [-0.25, -0.2) is 4.79 Å². The second-order valence-electron chi connectivity index (χ2n) is 3.67. The molecule has 0 saturated heterocycles. The van der Waals surface area contributed by atoms with Gasteiger partial charge in [0.1, 0.15) is 6.26 Å². The fraction of sp³-hybridized carbons (Fsp3) is 0.273. The van der Waals surface area contributed by atoms with Crippen molar-refractivity contribution in [3.8, 4) is 0 Å². The van der Waals surface area contributed by atoms with E-state index in [4.69, 9.17) is 9.52 Å². The number of carboxylic acids is 1. The van der Waals surface area contributed by atoms with Crippen LogP contribution < -0.4 is 5.32 Å². The fourth-order valence-electron chi connectivity index (χ4n) is 1.43. The summed E-state index contributed by atoms with van der Waals surface area (Å²) in [6.45, 7) is 1.99. The van der Waals surface area contributed by atoms with Crippen molar-refractivity contribution in [1.29, 1.82) is 0 Å². The number of aromatic carboxylic acids is 1. The maximum absolute atomic E-state index is 10.6. The average molecular weight is 252 g/mol. The Bertz CT molecular complexity index is 493. The number of carbonyl (C=O) groups is 1. The first-order valence-corrected chi connectivity index (χ1v) is 6.01. The molecule has 2 aromatic heterocycles. The number of nitrogens with one attached hydrogen (secondary N) is 1. The molecule has 17 heavy (non-hydrogen) atoms. The van der Waals surface area contributed by atoms with E-state index in [1.807, 2.05) is 18.4 Å². The third-order valence-corrected chi connectivity index (χ3v) is 3.08. The molecule has 0 bridgehead atoms. The van der Waals surface area contributed by atoms with E-state index >= 15 is 0 Å². The van der Waals surface area contributed by atoms with E-state index in [0.717, 1.165) is 12.7 Å². The van der Waals surface area contributed by atoms with Gasteiger partial charge in [0.25, 0.3) is 6.01 Å². The first kappa shape index (κ1) is 11.7. The zero-order chi connectivity index (χ0) is 12.3. The Balaban J connectivity index is 1.93. The average Bonchev–Trinajstić information content (AvgIpc) is 2.88. The Hall–Kier alpha value is -1.82. The summed E-state index contributed by atoms with van der Waals surface area (Å²) in [5.41, 5.74) is -0.0872. The smallest absolute Gasteiger partial charge is 0.357 e. The van der Waals surface area contributed by atoms with Crippen molar-refractivity contribution in [3.05, 3.63) is 34.3 Å². The van der Waals surface area contributed by atoms with Crippen LogP contribution in [0.4, 0.5) is 6.01 Å². The van der Waals surface area contributed by atoms with Crippen molar-refractivity contribution in [2.75, 3.05) is 5.32 Å². The van der Waals surface area contributed by atoms with E-state index in [0.29, 0.717) is 0 Å². The van der Waals surface area contributed by atoms with Gasteiger partial charge < -0.3 is 14.8 Å². The van der Waals surface area contributed by atoms with Crippen molar-refractivity contribution in [2.24, 2.45) is 0 Å². The van der Waals surface area contributed by atoms with E-state index in [-0.39, 0.29) is 17.8 Å². The van der Waals surface area contributed by atoms with Crippen molar-refractivity contribution < 1.29 is 14.3 Å². The summed E-state index contributed by atoms with van der Waals surface area (Å²) < 4.78 is 5.02. The quantitative estimate of drug-likeness (QED) is 0.855. The summed E-state index contributed by atoms with van der Waals surface area (Å²) in [7, 11) is 0. The highest BCUT2D eigenvalue weighted by Crippen LogP contribution is 2.14. The lowest BCUT2D eigenvalue weighted by Crippen LogP contribution is -2.17. The molecule has 0 fully saturated rings. The second-order valence-corrected chi connectivity index (χ2v) is 4.70. The predicted molar refractivity (Wildman–Crippen MR) is 64.6 cm³/mol. The van der Waals surface area contributed by atoms with E-state index < -0.39 is 5.97 Å². The summed E-state index contributed by atoms with van der Waals surface area (Å²) in [5.74, 6) is -1.09. The number of aromatic nitrogens is 1. The van der Waals surface area contributed by atoms with E-state index in [9.17, 15) is 4.79 Å². The minimum atomic E-state index is -1.09. The zero-order valence-electron chi connectivity index (χ0n) is 9.21. The number of hydrogen-bond acceptors (Lipinski definition) is 5. The van der Waals surface area contributed by atoms with Gasteiger partial charge in [-0.05, 0) is 18.4 Å². The standard InChI is InChI=1S/C11H12N2O3S/c1-7(5-8-3-2-4-17-8)12-11-13-9(6-16-11)10(14)15/h2-4,6-7H,5H2,1H3,(H,12,13)(H,14,15). The Morgan fingerprint density at radius 1 is 1.71 bits per heavy atom. The van der Waals surface area contributed by atoms with Crippen molar-refractivity contribution in [3.63, 3.8) is 0 Å². The molecule has 0 saturated carbocycles. The lowest BCUT2D eigenvalue weighted by molar-refractivity contribution is 0.0690. The number of oxazole rings is 1. The van der Waals surface area contributed by atoms with Crippen LogP contribution in [0.3, 0.4) is 0 Å². The van der Waals surface area contributed by atoms with Crippen LogP contribution in [0.2, 0.25) is 0 Å². The Morgan fingerprint density at radius 3 is 3.12 bits per heavy atom. The Kier molecular flexibility index (Phi) is 3.43. The normalized spacial score (nSPS) is 12.3. The predicted octanol–water partition coefficient (Wildman–Crippen LogP) is 2.48. The molecule has 0 radical (unpaired) electrons. The highest BCUT2D eigenvalue weighted by molar-refractivity contribution is 7.09. The topological polar surface area (TPSA) is 75.4 Å². The van der Waals surface area contributed by atoms with Crippen LogP contribution in [0, 0.1) is 0 Å². The van der Waals surface area contributed by atoms with Crippen LogP contribution in [0.25, 0.3) is 0 Å². The van der Waals surface area contributed by atoms with Gasteiger partial charge in [-0.15, -0.1) is 11.3 Å². The van der Waals surface area contributed by atoms with Crippen LogP contribution in [-0.2, 0) is 6.42 Å². The van der Waals surface area contributed by atoms with Gasteiger partial charge in [-0.3, -0.25) is 0 Å². The molecular formula is C11H12N2O3S. The summed E-state index contributed by atoms with van der Waals surface area (Å²) in [5, 5.41) is 13.7. The van der Waals surface area contributed by atoms with Gasteiger partial charge in [-0.1, -0.05) is 6.07 Å². The molecule has 5 nitrogen and oxygen atoms in total. The summed E-state index contributed by atoms with van der Waals surface area (Å²) in [6, 6.07) is 4.43. The molecule has 0 aliphatic rings. The second kappa shape index (κ2) is 5.01. The maximum atomic E-state index is 10.6. The largest absolute Gasteiger partial charge is 0.476 e. The van der Waals surface area contributed by atoms with Crippen LogP contribution in [0.5, 0.6) is 0 Å². The number of rotatable bonds is 5. The molecule has 2 rings (SSSR count). The number of anilines is 1. The molecule has 2 heterocycles. The van der Waals surface area contributed by atoms with Crippen molar-refractivity contribution in [1.82, 2.24) is 4.98 Å². The van der Waals surface area contributed by atoms with Crippen LogP contribution in [-0.4, -0.2) is 22.1 Å². The van der Waals surface area contributed by atoms with Crippen molar-refractivity contribution >= 4 is 23.3 Å². The molecule has 0 aromatic carbocycles. The minimum Gasteiger partial charge on any atom is -0.476 e. The molecule has 90 valence electrons. The summed E-state index contributed by atoms with van der Waals surface area (Å²) in [4.78, 5) is 15.7. The fourth-order valence-corrected chi connectivity index (χ4v) is 2.27. The highest BCUT2D eigenvalue weighted by Gasteiger charge is 2.12. The SMILES string of the molecule is CC(Cc1cccs1)Nc1nc(C(=O)O)co1. The van der Waals surface area contributed by atoms with Gasteiger partial charge in [-0.2, -0.15) is 4.98 Å². The Labute approximate surface area is 102 Å². The molecular weight excluding hydrogens is 240 g/mol.